The summed E-state index contributed by atoms with van der Waals surface area (Å²) in [6.07, 6.45) is 2.72. The minimum absolute atomic E-state index is 0.0243. The summed E-state index contributed by atoms with van der Waals surface area (Å²) in [6, 6.07) is 6.14. The lowest BCUT2D eigenvalue weighted by atomic mass is 10.2. The lowest BCUT2D eigenvalue weighted by molar-refractivity contribution is -0.386. The molecule has 0 bridgehead atoms. The summed E-state index contributed by atoms with van der Waals surface area (Å²) in [5.41, 5.74) is -2.17. The van der Waals surface area contributed by atoms with Gasteiger partial charge in [-0.3, -0.25) is 28.7 Å². The van der Waals surface area contributed by atoms with Crippen molar-refractivity contribution in [2.24, 2.45) is 0 Å². The Morgan fingerprint density at radius 1 is 1.09 bits per heavy atom. The summed E-state index contributed by atoms with van der Waals surface area (Å²) < 4.78 is 27.2. The van der Waals surface area contributed by atoms with E-state index in [1.165, 1.54) is 37.4 Å². The highest BCUT2D eigenvalue weighted by molar-refractivity contribution is 5.68. The maximum absolute atomic E-state index is 14.0. The summed E-state index contributed by atoms with van der Waals surface area (Å²) >= 11 is 0. The molecular formula is C20H22FN5O6. The van der Waals surface area contributed by atoms with E-state index in [4.69, 9.17) is 9.47 Å². The first kappa shape index (κ1) is 23.0. The van der Waals surface area contributed by atoms with Gasteiger partial charge in [0.05, 0.1) is 44.0 Å². The van der Waals surface area contributed by atoms with Gasteiger partial charge in [0.15, 0.2) is 0 Å². The number of methoxy groups -OCH3 is 2. The van der Waals surface area contributed by atoms with Crippen molar-refractivity contribution in [3.05, 3.63) is 79.0 Å². The molecule has 0 aliphatic rings. The Hall–Kier alpha value is -3.64. The SMILES string of the molecule is COCCn1c(-c2cnn(Cc3ccccc3F)c2)c([N+](=O)[O-])c(=O)n(CCOC)c1=O. The van der Waals surface area contributed by atoms with Crippen molar-refractivity contribution in [2.75, 3.05) is 27.4 Å². The standard InChI is InChI=1S/C20H22FN5O6/c1-31-9-7-24-17(18(26(29)30)19(27)25(20(24)28)8-10-32-2)15-11-22-23(13-15)12-14-5-3-4-6-16(14)21/h3-6,11,13H,7-10,12H2,1-2H3. The molecule has 0 saturated carbocycles. The third kappa shape index (κ3) is 4.65. The zero-order valence-corrected chi connectivity index (χ0v) is 17.6. The van der Waals surface area contributed by atoms with E-state index in [1.807, 2.05) is 0 Å². The molecule has 12 heteroatoms. The Morgan fingerprint density at radius 3 is 2.38 bits per heavy atom. The highest BCUT2D eigenvalue weighted by Gasteiger charge is 2.29. The Bertz CT molecular complexity index is 1230. The first-order valence-electron chi connectivity index (χ1n) is 9.65. The highest BCUT2D eigenvalue weighted by Crippen LogP contribution is 2.26. The third-order valence-electron chi connectivity index (χ3n) is 4.82. The summed E-state index contributed by atoms with van der Waals surface area (Å²) in [7, 11) is 2.81. The molecule has 11 nitrogen and oxygen atoms in total. The average Bonchev–Trinajstić information content (AvgIpc) is 3.22. The van der Waals surface area contributed by atoms with Crippen LogP contribution in [0.5, 0.6) is 0 Å². The van der Waals surface area contributed by atoms with E-state index in [0.29, 0.717) is 5.56 Å². The maximum Gasteiger partial charge on any atom is 0.358 e. The van der Waals surface area contributed by atoms with Gasteiger partial charge in [-0.1, -0.05) is 18.2 Å². The first-order chi connectivity index (χ1) is 15.4. The van der Waals surface area contributed by atoms with Gasteiger partial charge in [0.25, 0.3) is 0 Å². The lowest BCUT2D eigenvalue weighted by Crippen LogP contribution is -2.43. The van der Waals surface area contributed by atoms with Crippen LogP contribution in [0.4, 0.5) is 10.1 Å². The van der Waals surface area contributed by atoms with Crippen LogP contribution in [-0.2, 0) is 29.1 Å². The van der Waals surface area contributed by atoms with E-state index >= 15 is 0 Å². The van der Waals surface area contributed by atoms with E-state index in [9.17, 15) is 24.1 Å². The van der Waals surface area contributed by atoms with Gasteiger partial charge in [0, 0.05) is 31.5 Å². The molecule has 0 aliphatic carbocycles. The molecule has 0 radical (unpaired) electrons. The topological polar surface area (TPSA) is 123 Å². The van der Waals surface area contributed by atoms with E-state index < -0.39 is 27.7 Å². The number of nitro groups is 1. The molecule has 0 N–H and O–H groups in total. The van der Waals surface area contributed by atoms with Gasteiger partial charge in [0.1, 0.15) is 11.5 Å². The molecule has 2 heterocycles. The summed E-state index contributed by atoms with van der Waals surface area (Å²) in [5.74, 6) is -0.423. The smallest absolute Gasteiger partial charge is 0.358 e. The zero-order chi connectivity index (χ0) is 23.3. The van der Waals surface area contributed by atoms with Crippen molar-refractivity contribution in [3.8, 4) is 11.3 Å². The van der Waals surface area contributed by atoms with Crippen LogP contribution in [-0.4, -0.2) is 51.3 Å². The predicted molar refractivity (Wildman–Crippen MR) is 112 cm³/mol. The van der Waals surface area contributed by atoms with Crippen LogP contribution < -0.4 is 11.2 Å². The normalized spacial score (nSPS) is 11.1. The summed E-state index contributed by atoms with van der Waals surface area (Å²) in [5, 5.41) is 16.0. The van der Waals surface area contributed by atoms with Crippen molar-refractivity contribution >= 4 is 5.69 Å². The molecule has 0 unspecified atom stereocenters. The summed E-state index contributed by atoms with van der Waals surface area (Å²) in [4.78, 5) is 36.9. The second kappa shape index (κ2) is 10.1. The highest BCUT2D eigenvalue weighted by atomic mass is 19.1. The van der Waals surface area contributed by atoms with Crippen LogP contribution in [0.15, 0.2) is 46.2 Å². The Kier molecular flexibility index (Phi) is 7.28. The van der Waals surface area contributed by atoms with Gasteiger partial charge < -0.3 is 9.47 Å². The second-order valence-electron chi connectivity index (χ2n) is 6.85. The molecule has 2 aromatic heterocycles. The Morgan fingerprint density at radius 2 is 1.75 bits per heavy atom. The predicted octanol–water partition coefficient (Wildman–Crippen LogP) is 1.26. The molecule has 0 aliphatic heterocycles. The average molecular weight is 447 g/mol. The van der Waals surface area contributed by atoms with Crippen molar-refractivity contribution in [2.45, 2.75) is 19.6 Å². The fraction of sp³-hybridized carbons (Fsp3) is 0.350. The summed E-state index contributed by atoms with van der Waals surface area (Å²) in [6.45, 7) is -0.00778. The van der Waals surface area contributed by atoms with Crippen LogP contribution >= 0.6 is 0 Å². The number of hydrogen-bond donors (Lipinski definition) is 0. The van der Waals surface area contributed by atoms with Gasteiger partial charge in [0.2, 0.25) is 0 Å². The molecular weight excluding hydrogens is 425 g/mol. The number of halogens is 1. The fourth-order valence-electron chi connectivity index (χ4n) is 3.29. The lowest BCUT2D eigenvalue weighted by Gasteiger charge is -2.14. The quantitative estimate of drug-likeness (QED) is 0.339. The molecule has 0 saturated heterocycles. The fourth-order valence-corrected chi connectivity index (χ4v) is 3.29. The molecule has 1 aromatic carbocycles. The third-order valence-corrected chi connectivity index (χ3v) is 4.82. The van der Waals surface area contributed by atoms with E-state index in [-0.39, 0.29) is 44.1 Å². The van der Waals surface area contributed by atoms with E-state index in [0.717, 1.165) is 9.13 Å². The monoisotopic (exact) mass is 447 g/mol. The van der Waals surface area contributed by atoms with Gasteiger partial charge in [-0.15, -0.1) is 0 Å². The minimum Gasteiger partial charge on any atom is -0.383 e. The van der Waals surface area contributed by atoms with Crippen molar-refractivity contribution in [3.63, 3.8) is 0 Å². The number of ether oxygens (including phenoxy) is 2. The molecule has 0 atom stereocenters. The van der Waals surface area contributed by atoms with Crippen LogP contribution in [0.2, 0.25) is 0 Å². The minimum atomic E-state index is -1.04. The number of nitrogens with zero attached hydrogens (tertiary/aromatic N) is 5. The number of rotatable bonds is 10. The van der Waals surface area contributed by atoms with Gasteiger partial charge in [-0.25, -0.2) is 9.18 Å². The van der Waals surface area contributed by atoms with Gasteiger partial charge >= 0.3 is 16.9 Å². The number of hydrogen-bond acceptors (Lipinski definition) is 7. The molecule has 170 valence electrons. The van der Waals surface area contributed by atoms with Crippen molar-refractivity contribution < 1.29 is 18.8 Å². The number of aromatic nitrogens is 4. The molecule has 0 spiro atoms. The molecule has 0 amide bonds. The van der Waals surface area contributed by atoms with Gasteiger partial charge in [-0.05, 0) is 6.07 Å². The molecule has 0 fully saturated rings. The van der Waals surface area contributed by atoms with Crippen LogP contribution in [0, 0.1) is 15.9 Å². The van der Waals surface area contributed by atoms with Gasteiger partial charge in [-0.2, -0.15) is 5.10 Å². The number of benzene rings is 1. The maximum atomic E-state index is 14.0. The largest absolute Gasteiger partial charge is 0.383 e. The van der Waals surface area contributed by atoms with E-state index in [1.54, 1.807) is 18.2 Å². The molecule has 3 aromatic rings. The first-order valence-corrected chi connectivity index (χ1v) is 9.65. The van der Waals surface area contributed by atoms with Crippen molar-refractivity contribution in [1.29, 1.82) is 0 Å². The van der Waals surface area contributed by atoms with Crippen molar-refractivity contribution in [1.82, 2.24) is 18.9 Å². The Balaban J connectivity index is 2.17. The van der Waals surface area contributed by atoms with Crippen LogP contribution in [0.3, 0.4) is 0 Å². The second-order valence-corrected chi connectivity index (χ2v) is 6.85. The Labute approximate surface area is 181 Å². The zero-order valence-electron chi connectivity index (χ0n) is 17.6. The molecule has 32 heavy (non-hydrogen) atoms. The molecule has 3 rings (SSSR count). The van der Waals surface area contributed by atoms with Crippen LogP contribution in [0.25, 0.3) is 11.3 Å². The van der Waals surface area contributed by atoms with Crippen LogP contribution in [0.1, 0.15) is 5.56 Å². The van der Waals surface area contributed by atoms with E-state index in [2.05, 4.69) is 5.10 Å².